The van der Waals surface area contributed by atoms with Crippen molar-refractivity contribution < 1.29 is 14.4 Å². The molecule has 0 bridgehead atoms. The molecule has 0 unspecified atom stereocenters. The van der Waals surface area contributed by atoms with Crippen LogP contribution in [0.2, 0.25) is 0 Å². The minimum absolute atomic E-state index is 0.255. The number of Topliss-reactive ketones (excluding diaryl/α,β-unsaturated/α-hetero) is 1. The topological polar surface area (TPSA) is 75.3 Å². The van der Waals surface area contributed by atoms with Crippen molar-refractivity contribution >= 4 is 17.6 Å². The lowest BCUT2D eigenvalue weighted by Gasteiger charge is -2.17. The van der Waals surface area contributed by atoms with E-state index in [9.17, 15) is 14.4 Å². The molecule has 0 aromatic heterocycles. The van der Waals surface area contributed by atoms with E-state index in [4.69, 9.17) is 0 Å². The second-order valence-corrected chi connectivity index (χ2v) is 5.53. The monoisotopic (exact) mass is 324 g/mol. The highest BCUT2D eigenvalue weighted by molar-refractivity contribution is 6.38. The van der Waals surface area contributed by atoms with E-state index in [1.807, 2.05) is 49.4 Å². The zero-order valence-corrected chi connectivity index (χ0v) is 13.7. The largest absolute Gasteiger partial charge is 0.353 e. The molecule has 0 aliphatic carbocycles. The normalized spacial score (nSPS) is 11.4. The lowest BCUT2D eigenvalue weighted by molar-refractivity contribution is -0.138. The van der Waals surface area contributed by atoms with Crippen LogP contribution in [0, 0.1) is 6.92 Å². The van der Waals surface area contributed by atoms with Crippen LogP contribution in [-0.4, -0.2) is 30.7 Å². The van der Waals surface area contributed by atoms with Gasteiger partial charge in [-0.1, -0.05) is 48.0 Å². The van der Waals surface area contributed by atoms with Crippen LogP contribution in [0.25, 0.3) is 0 Å². The predicted molar refractivity (Wildman–Crippen MR) is 91.7 cm³/mol. The van der Waals surface area contributed by atoms with Crippen LogP contribution in [0.5, 0.6) is 0 Å². The third-order valence-electron chi connectivity index (χ3n) is 3.67. The van der Waals surface area contributed by atoms with Crippen molar-refractivity contribution in [3.63, 3.8) is 0 Å². The molecule has 5 heteroatoms. The number of hydrogen-bond acceptors (Lipinski definition) is 3. The standard InChI is InChI=1S/C19H20N2O3/c1-13-8-10-15(11-9-13)18(23)21-16(17(22)19(24)20-2)12-14-6-4-3-5-7-14/h3-11,16H,12H2,1-2H3,(H,20,24)(H,21,23)/t16-/m0/s1. The Bertz CT molecular complexity index is 724. The van der Waals surface area contributed by atoms with Gasteiger partial charge in [0.05, 0.1) is 0 Å². The van der Waals surface area contributed by atoms with Crippen molar-refractivity contribution in [1.29, 1.82) is 0 Å². The molecule has 5 nitrogen and oxygen atoms in total. The van der Waals surface area contributed by atoms with Crippen LogP contribution in [0.15, 0.2) is 54.6 Å². The Morgan fingerprint density at radius 2 is 1.58 bits per heavy atom. The quantitative estimate of drug-likeness (QED) is 0.794. The number of carbonyl (C=O) groups excluding carboxylic acids is 3. The first-order valence-electron chi connectivity index (χ1n) is 7.68. The summed E-state index contributed by atoms with van der Waals surface area (Å²) in [4.78, 5) is 36.3. The fourth-order valence-electron chi connectivity index (χ4n) is 2.29. The van der Waals surface area contributed by atoms with Crippen molar-refractivity contribution in [2.24, 2.45) is 0 Å². The number of ketones is 1. The summed E-state index contributed by atoms with van der Waals surface area (Å²) < 4.78 is 0. The first kappa shape index (κ1) is 17.4. The first-order chi connectivity index (χ1) is 11.5. The summed E-state index contributed by atoms with van der Waals surface area (Å²) in [5, 5.41) is 4.98. The number of amides is 2. The number of rotatable bonds is 6. The number of benzene rings is 2. The molecule has 124 valence electrons. The van der Waals surface area contributed by atoms with Crippen molar-refractivity contribution in [3.05, 3.63) is 71.3 Å². The van der Waals surface area contributed by atoms with Crippen LogP contribution in [0.1, 0.15) is 21.5 Å². The van der Waals surface area contributed by atoms with Gasteiger partial charge < -0.3 is 10.6 Å². The minimum atomic E-state index is -0.916. The molecule has 2 amide bonds. The maximum Gasteiger partial charge on any atom is 0.289 e. The zero-order chi connectivity index (χ0) is 17.5. The summed E-state index contributed by atoms with van der Waals surface area (Å²) in [5.41, 5.74) is 2.35. The molecule has 2 aromatic rings. The Kier molecular flexibility index (Phi) is 5.84. The van der Waals surface area contributed by atoms with Crippen molar-refractivity contribution in [3.8, 4) is 0 Å². The Balaban J connectivity index is 2.18. The Labute approximate surface area is 141 Å². The molecule has 0 aliphatic rings. The SMILES string of the molecule is CNC(=O)C(=O)[C@H](Cc1ccccc1)NC(=O)c1ccc(C)cc1. The van der Waals surface area contributed by atoms with Gasteiger partial charge in [0.1, 0.15) is 6.04 Å². The lowest BCUT2D eigenvalue weighted by Crippen LogP contribution is -2.48. The van der Waals surface area contributed by atoms with E-state index in [0.717, 1.165) is 11.1 Å². The second kappa shape index (κ2) is 8.06. The van der Waals surface area contributed by atoms with Gasteiger partial charge in [-0.15, -0.1) is 0 Å². The van der Waals surface area contributed by atoms with Crippen molar-refractivity contribution in [2.75, 3.05) is 7.05 Å². The van der Waals surface area contributed by atoms with E-state index in [1.165, 1.54) is 7.05 Å². The summed E-state index contributed by atoms with van der Waals surface area (Å²) in [6.07, 6.45) is 0.255. The minimum Gasteiger partial charge on any atom is -0.353 e. The van der Waals surface area contributed by atoms with Gasteiger partial charge in [-0.3, -0.25) is 14.4 Å². The highest BCUT2D eigenvalue weighted by Gasteiger charge is 2.26. The number of aryl methyl sites for hydroxylation is 1. The first-order valence-corrected chi connectivity index (χ1v) is 7.68. The highest BCUT2D eigenvalue weighted by atomic mass is 16.2. The average molecular weight is 324 g/mol. The Morgan fingerprint density at radius 3 is 2.17 bits per heavy atom. The maximum absolute atomic E-state index is 12.4. The molecule has 0 aliphatic heterocycles. The third-order valence-corrected chi connectivity index (χ3v) is 3.67. The van der Waals surface area contributed by atoms with E-state index >= 15 is 0 Å². The van der Waals surface area contributed by atoms with Crippen molar-refractivity contribution in [1.82, 2.24) is 10.6 Å². The molecule has 0 spiro atoms. The zero-order valence-electron chi connectivity index (χ0n) is 13.7. The van der Waals surface area contributed by atoms with E-state index in [-0.39, 0.29) is 12.3 Å². The van der Waals surface area contributed by atoms with Crippen molar-refractivity contribution in [2.45, 2.75) is 19.4 Å². The van der Waals surface area contributed by atoms with E-state index in [0.29, 0.717) is 5.56 Å². The predicted octanol–water partition coefficient (Wildman–Crippen LogP) is 1.65. The molecule has 1 atom stereocenters. The summed E-state index contributed by atoms with van der Waals surface area (Å²) in [7, 11) is 1.39. The van der Waals surface area contributed by atoms with Gasteiger partial charge in [-0.2, -0.15) is 0 Å². The van der Waals surface area contributed by atoms with Gasteiger partial charge >= 0.3 is 0 Å². The summed E-state index contributed by atoms with van der Waals surface area (Å²) in [6, 6.07) is 15.4. The molecule has 0 radical (unpaired) electrons. The molecule has 0 saturated carbocycles. The summed E-state index contributed by atoms with van der Waals surface area (Å²) in [6.45, 7) is 1.93. The van der Waals surface area contributed by atoms with Gasteiger partial charge in [0.15, 0.2) is 0 Å². The van der Waals surface area contributed by atoms with Crippen LogP contribution in [0.4, 0.5) is 0 Å². The molecule has 0 saturated heterocycles. The summed E-state index contributed by atoms with van der Waals surface area (Å²) >= 11 is 0. The molecule has 2 rings (SSSR count). The molecule has 2 aromatic carbocycles. The maximum atomic E-state index is 12.4. The number of hydrogen-bond donors (Lipinski definition) is 2. The van der Waals surface area contributed by atoms with E-state index in [1.54, 1.807) is 12.1 Å². The molecule has 2 N–H and O–H groups in total. The fourth-order valence-corrected chi connectivity index (χ4v) is 2.29. The van der Waals surface area contributed by atoms with Crippen LogP contribution < -0.4 is 10.6 Å². The van der Waals surface area contributed by atoms with Gasteiger partial charge in [0.25, 0.3) is 11.8 Å². The average Bonchev–Trinajstić information content (AvgIpc) is 2.61. The van der Waals surface area contributed by atoms with Gasteiger partial charge in [-0.25, -0.2) is 0 Å². The van der Waals surface area contributed by atoms with E-state index in [2.05, 4.69) is 10.6 Å². The number of nitrogens with one attached hydrogen (secondary N) is 2. The Morgan fingerprint density at radius 1 is 0.958 bits per heavy atom. The third kappa shape index (κ3) is 4.52. The van der Waals surface area contributed by atoms with Crippen LogP contribution in [0.3, 0.4) is 0 Å². The van der Waals surface area contributed by atoms with Gasteiger partial charge in [0.2, 0.25) is 5.78 Å². The Hall–Kier alpha value is -2.95. The van der Waals surface area contributed by atoms with Crippen LogP contribution in [-0.2, 0) is 16.0 Å². The van der Waals surface area contributed by atoms with E-state index < -0.39 is 17.7 Å². The highest BCUT2D eigenvalue weighted by Crippen LogP contribution is 2.07. The lowest BCUT2D eigenvalue weighted by atomic mass is 10.0. The smallest absolute Gasteiger partial charge is 0.289 e. The molecule has 0 fully saturated rings. The number of likely N-dealkylation sites (N-methyl/N-ethyl adjacent to an activating group) is 1. The fraction of sp³-hybridized carbons (Fsp3) is 0.211. The van der Waals surface area contributed by atoms with Gasteiger partial charge in [0, 0.05) is 19.0 Å². The second-order valence-electron chi connectivity index (χ2n) is 5.53. The molecule has 24 heavy (non-hydrogen) atoms. The van der Waals surface area contributed by atoms with Crippen LogP contribution >= 0.6 is 0 Å². The molecular weight excluding hydrogens is 304 g/mol. The van der Waals surface area contributed by atoms with Gasteiger partial charge in [-0.05, 0) is 24.6 Å². The summed E-state index contributed by atoms with van der Waals surface area (Å²) in [5.74, 6) is -1.77. The number of carbonyl (C=O) groups is 3. The molecular formula is C19H20N2O3. The molecule has 0 heterocycles.